The first kappa shape index (κ1) is 16.7. The molecule has 0 saturated heterocycles. The number of nitrogens with one attached hydrogen (secondary N) is 1. The molecule has 2 heterocycles. The fraction of sp³-hybridized carbons (Fsp3) is 0.312. The molecule has 7 nitrogen and oxygen atoms in total. The van der Waals surface area contributed by atoms with Crippen molar-refractivity contribution in [2.45, 2.75) is 4.90 Å². The maximum atomic E-state index is 8.75. The molecular formula is C16H19N5O2S. The highest BCUT2D eigenvalue weighted by Gasteiger charge is 2.10. The lowest BCUT2D eigenvalue weighted by Gasteiger charge is -2.12. The Balaban J connectivity index is 1.92. The lowest BCUT2D eigenvalue weighted by atomic mass is 10.2. The second-order valence-corrected chi connectivity index (χ2v) is 5.87. The van der Waals surface area contributed by atoms with Crippen molar-refractivity contribution in [1.82, 2.24) is 19.5 Å². The van der Waals surface area contributed by atoms with Crippen LogP contribution in [-0.4, -0.2) is 57.2 Å². The smallest absolute Gasteiger partial charge is 0.237 e. The standard InChI is InChI=1S/C16H19N5O2S/c1-24-12-2-3-14-13(10-12)15(18-5-8-23-9-7-22)20-16(19-14)21-6-4-17-11-21/h2-4,6,10-11,22H,5,7-9H2,1H3,(H,18,19,20). The van der Waals surface area contributed by atoms with Gasteiger partial charge in [0.05, 0.1) is 25.3 Å². The van der Waals surface area contributed by atoms with E-state index in [9.17, 15) is 0 Å². The highest BCUT2D eigenvalue weighted by atomic mass is 32.2. The van der Waals surface area contributed by atoms with Crippen molar-refractivity contribution in [1.29, 1.82) is 0 Å². The van der Waals surface area contributed by atoms with Crippen molar-refractivity contribution >= 4 is 28.5 Å². The third-order valence-electron chi connectivity index (χ3n) is 3.40. The molecule has 0 aliphatic carbocycles. The van der Waals surface area contributed by atoms with Crippen LogP contribution in [0.2, 0.25) is 0 Å². The molecule has 0 amide bonds. The van der Waals surface area contributed by atoms with E-state index in [1.165, 1.54) is 0 Å². The Morgan fingerprint density at radius 3 is 2.96 bits per heavy atom. The van der Waals surface area contributed by atoms with Crippen LogP contribution in [0.4, 0.5) is 5.82 Å². The first-order valence-corrected chi connectivity index (χ1v) is 8.81. The normalized spacial score (nSPS) is 11.1. The van der Waals surface area contributed by atoms with Gasteiger partial charge < -0.3 is 15.2 Å². The number of hydrogen-bond donors (Lipinski definition) is 2. The number of thioether (sulfide) groups is 1. The van der Waals surface area contributed by atoms with Gasteiger partial charge in [0.2, 0.25) is 5.95 Å². The summed E-state index contributed by atoms with van der Waals surface area (Å²) >= 11 is 1.68. The molecule has 2 N–H and O–H groups in total. The van der Waals surface area contributed by atoms with E-state index in [1.807, 2.05) is 24.6 Å². The van der Waals surface area contributed by atoms with Crippen molar-refractivity contribution in [3.63, 3.8) is 0 Å². The summed E-state index contributed by atoms with van der Waals surface area (Å²) in [7, 11) is 0. The number of fused-ring (bicyclic) bond motifs is 1. The Labute approximate surface area is 144 Å². The summed E-state index contributed by atoms with van der Waals surface area (Å²) in [5, 5.41) is 13.0. The van der Waals surface area contributed by atoms with Crippen LogP contribution in [0.15, 0.2) is 41.8 Å². The predicted octanol–water partition coefficient (Wildman–Crippen LogP) is 1.96. The summed E-state index contributed by atoms with van der Waals surface area (Å²) in [5.74, 6) is 1.32. The second-order valence-electron chi connectivity index (χ2n) is 4.99. The molecule has 0 radical (unpaired) electrons. The number of aromatic nitrogens is 4. The Hall–Kier alpha value is -2.16. The van der Waals surface area contributed by atoms with Crippen molar-refractivity contribution in [2.75, 3.05) is 37.9 Å². The van der Waals surface area contributed by atoms with Crippen LogP contribution in [0.1, 0.15) is 0 Å². The van der Waals surface area contributed by atoms with Gasteiger partial charge in [0.1, 0.15) is 12.1 Å². The minimum atomic E-state index is 0.0261. The van der Waals surface area contributed by atoms with E-state index >= 15 is 0 Å². The maximum Gasteiger partial charge on any atom is 0.237 e. The molecule has 1 aromatic carbocycles. The van der Waals surface area contributed by atoms with Crippen LogP contribution in [0, 0.1) is 0 Å². The van der Waals surface area contributed by atoms with E-state index in [2.05, 4.69) is 26.3 Å². The number of hydrogen-bond acceptors (Lipinski definition) is 7. The van der Waals surface area contributed by atoms with Gasteiger partial charge in [-0.2, -0.15) is 4.98 Å². The SMILES string of the molecule is CSc1ccc2nc(-n3ccnc3)nc(NCCOCCO)c2c1. The lowest BCUT2D eigenvalue weighted by Crippen LogP contribution is -2.13. The number of nitrogens with zero attached hydrogens (tertiary/aromatic N) is 4. The predicted molar refractivity (Wildman–Crippen MR) is 94.8 cm³/mol. The Morgan fingerprint density at radius 2 is 2.21 bits per heavy atom. The minimum absolute atomic E-state index is 0.0261. The van der Waals surface area contributed by atoms with E-state index < -0.39 is 0 Å². The Kier molecular flexibility index (Phi) is 5.63. The van der Waals surface area contributed by atoms with Gasteiger partial charge in [-0.05, 0) is 24.5 Å². The van der Waals surface area contributed by atoms with Crippen molar-refractivity contribution in [2.24, 2.45) is 0 Å². The summed E-state index contributed by atoms with van der Waals surface area (Å²) in [6.45, 7) is 1.45. The molecular weight excluding hydrogens is 326 g/mol. The van der Waals surface area contributed by atoms with Gasteiger partial charge in [0, 0.05) is 29.2 Å². The van der Waals surface area contributed by atoms with E-state index in [0.717, 1.165) is 21.6 Å². The summed E-state index contributed by atoms with van der Waals surface area (Å²) in [5.41, 5.74) is 0.866. The van der Waals surface area contributed by atoms with Crippen molar-refractivity contribution < 1.29 is 9.84 Å². The van der Waals surface area contributed by atoms with E-state index in [0.29, 0.717) is 25.7 Å². The van der Waals surface area contributed by atoms with E-state index in [-0.39, 0.29) is 6.61 Å². The number of aliphatic hydroxyl groups is 1. The van der Waals surface area contributed by atoms with Gasteiger partial charge in [0.25, 0.3) is 0 Å². The fourth-order valence-corrected chi connectivity index (χ4v) is 2.70. The number of imidazole rings is 1. The molecule has 0 atom stereocenters. The van der Waals surface area contributed by atoms with Crippen LogP contribution in [0.3, 0.4) is 0 Å². The third kappa shape index (κ3) is 3.84. The lowest BCUT2D eigenvalue weighted by molar-refractivity contribution is 0.0992. The quantitative estimate of drug-likeness (QED) is 0.477. The molecule has 0 aliphatic heterocycles. The maximum absolute atomic E-state index is 8.75. The molecule has 2 aromatic heterocycles. The number of aliphatic hydroxyl groups excluding tert-OH is 1. The average Bonchev–Trinajstić information content (AvgIpc) is 3.15. The molecule has 0 unspecified atom stereocenters. The highest BCUT2D eigenvalue weighted by Crippen LogP contribution is 2.26. The minimum Gasteiger partial charge on any atom is -0.394 e. The Bertz CT molecular complexity index is 795. The van der Waals surface area contributed by atoms with E-state index in [1.54, 1.807) is 28.9 Å². The molecule has 0 bridgehead atoms. The first-order valence-electron chi connectivity index (χ1n) is 7.58. The summed E-state index contributed by atoms with van der Waals surface area (Å²) in [6, 6.07) is 6.12. The third-order valence-corrected chi connectivity index (χ3v) is 4.13. The van der Waals surface area contributed by atoms with Crippen molar-refractivity contribution in [3.8, 4) is 5.95 Å². The number of ether oxygens (including phenoxy) is 1. The zero-order valence-corrected chi connectivity index (χ0v) is 14.2. The van der Waals surface area contributed by atoms with Gasteiger partial charge in [-0.15, -0.1) is 11.8 Å². The molecule has 24 heavy (non-hydrogen) atoms. The molecule has 0 spiro atoms. The fourth-order valence-electron chi connectivity index (χ4n) is 2.26. The zero-order chi connectivity index (χ0) is 16.8. The molecule has 0 saturated carbocycles. The van der Waals surface area contributed by atoms with Crippen LogP contribution in [-0.2, 0) is 4.74 Å². The number of benzene rings is 1. The molecule has 0 aliphatic rings. The Morgan fingerprint density at radius 1 is 1.29 bits per heavy atom. The average molecular weight is 345 g/mol. The zero-order valence-electron chi connectivity index (χ0n) is 13.3. The largest absolute Gasteiger partial charge is 0.394 e. The molecule has 3 rings (SSSR count). The first-order chi connectivity index (χ1) is 11.8. The van der Waals surface area contributed by atoms with Gasteiger partial charge in [-0.3, -0.25) is 4.57 Å². The summed E-state index contributed by atoms with van der Waals surface area (Å²) in [6.07, 6.45) is 7.22. The molecule has 126 valence electrons. The van der Waals surface area contributed by atoms with Crippen LogP contribution < -0.4 is 5.32 Å². The topological polar surface area (TPSA) is 85.1 Å². The van der Waals surface area contributed by atoms with Gasteiger partial charge >= 0.3 is 0 Å². The van der Waals surface area contributed by atoms with Crippen molar-refractivity contribution in [3.05, 3.63) is 36.9 Å². The summed E-state index contributed by atoms with van der Waals surface area (Å²) in [4.78, 5) is 14.4. The molecule has 0 fully saturated rings. The molecule has 8 heteroatoms. The number of rotatable bonds is 8. The van der Waals surface area contributed by atoms with Crippen LogP contribution in [0.25, 0.3) is 16.9 Å². The molecule has 3 aromatic rings. The van der Waals surface area contributed by atoms with Crippen LogP contribution in [0.5, 0.6) is 0 Å². The highest BCUT2D eigenvalue weighted by molar-refractivity contribution is 7.98. The van der Waals surface area contributed by atoms with Gasteiger partial charge in [-0.25, -0.2) is 9.97 Å². The van der Waals surface area contributed by atoms with E-state index in [4.69, 9.17) is 9.84 Å². The number of anilines is 1. The summed E-state index contributed by atoms with van der Waals surface area (Å²) < 4.78 is 7.06. The monoisotopic (exact) mass is 345 g/mol. The van der Waals surface area contributed by atoms with Gasteiger partial charge in [-0.1, -0.05) is 0 Å². The van der Waals surface area contributed by atoms with Gasteiger partial charge in [0.15, 0.2) is 0 Å². The van der Waals surface area contributed by atoms with Crippen LogP contribution >= 0.6 is 11.8 Å². The second kappa shape index (κ2) is 8.09.